The molecular formula is C14H14O4. The summed E-state index contributed by atoms with van der Waals surface area (Å²) in [4.78, 5) is 23.7. The maximum Gasteiger partial charge on any atom is 0.271 e. The molecule has 18 heavy (non-hydrogen) atoms. The normalized spacial score (nSPS) is 10.6. The highest BCUT2D eigenvalue weighted by Gasteiger charge is 2.24. The first-order chi connectivity index (χ1) is 8.65. The summed E-state index contributed by atoms with van der Waals surface area (Å²) >= 11 is 0. The van der Waals surface area contributed by atoms with Crippen molar-refractivity contribution in [2.75, 3.05) is 0 Å². The molecule has 0 bridgehead atoms. The molecule has 0 atom stereocenters. The second kappa shape index (κ2) is 5.04. The fraction of sp³-hybridized carbons (Fsp3) is 0.286. The van der Waals surface area contributed by atoms with Gasteiger partial charge in [0.2, 0.25) is 0 Å². The Morgan fingerprint density at radius 2 is 1.28 bits per heavy atom. The van der Waals surface area contributed by atoms with E-state index in [2.05, 4.69) is 0 Å². The van der Waals surface area contributed by atoms with Gasteiger partial charge in [0, 0.05) is 0 Å². The zero-order valence-corrected chi connectivity index (χ0v) is 10.4. The zero-order chi connectivity index (χ0) is 13.1. The highest BCUT2D eigenvalue weighted by Crippen LogP contribution is 2.14. The second-order valence-corrected chi connectivity index (χ2v) is 4.00. The molecular weight excluding hydrogens is 232 g/mol. The smallest absolute Gasteiger partial charge is 0.271 e. The first-order valence-electron chi connectivity index (χ1n) is 5.89. The Bertz CT molecular complexity index is 522. The van der Waals surface area contributed by atoms with Crippen LogP contribution in [0, 0.1) is 0 Å². The monoisotopic (exact) mass is 246 g/mol. The van der Waals surface area contributed by atoms with Crippen LogP contribution in [0.15, 0.2) is 33.5 Å². The second-order valence-electron chi connectivity index (χ2n) is 4.00. The van der Waals surface area contributed by atoms with E-state index in [9.17, 15) is 9.59 Å². The van der Waals surface area contributed by atoms with Crippen LogP contribution in [0.2, 0.25) is 0 Å². The maximum atomic E-state index is 11.9. The molecule has 0 saturated heterocycles. The van der Waals surface area contributed by atoms with Crippen molar-refractivity contribution in [2.24, 2.45) is 0 Å². The highest BCUT2D eigenvalue weighted by atomic mass is 16.3. The van der Waals surface area contributed by atoms with E-state index in [0.717, 1.165) is 24.0 Å². The zero-order valence-electron chi connectivity index (χ0n) is 10.4. The Labute approximate surface area is 105 Å². The van der Waals surface area contributed by atoms with Crippen molar-refractivity contribution in [2.45, 2.75) is 26.7 Å². The molecule has 2 heterocycles. The number of hydrogen-bond donors (Lipinski definition) is 0. The summed E-state index contributed by atoms with van der Waals surface area (Å²) in [6.45, 7) is 3.89. The summed E-state index contributed by atoms with van der Waals surface area (Å²) in [5, 5.41) is 0. The fourth-order valence-electron chi connectivity index (χ4n) is 1.58. The summed E-state index contributed by atoms with van der Waals surface area (Å²) in [6, 6.07) is 3.17. The number of furan rings is 2. The van der Waals surface area contributed by atoms with Crippen LogP contribution in [0.1, 0.15) is 46.1 Å². The van der Waals surface area contributed by atoms with E-state index in [4.69, 9.17) is 8.83 Å². The van der Waals surface area contributed by atoms with E-state index in [1.807, 2.05) is 13.8 Å². The van der Waals surface area contributed by atoms with E-state index < -0.39 is 11.6 Å². The Morgan fingerprint density at radius 1 is 0.889 bits per heavy atom. The number of hydrogen-bond acceptors (Lipinski definition) is 4. The summed E-state index contributed by atoms with van der Waals surface area (Å²) < 4.78 is 10.2. The Hall–Kier alpha value is -2.10. The average Bonchev–Trinajstić information content (AvgIpc) is 3.05. The van der Waals surface area contributed by atoms with E-state index >= 15 is 0 Å². The van der Waals surface area contributed by atoms with E-state index in [1.165, 1.54) is 12.5 Å². The standard InChI is InChI=1S/C14H14O4/c1-3-9-5-11(17-7-9)13(15)14(16)12-6-10(4-2)8-18-12/h5-8H,3-4H2,1-2H3. The molecule has 0 spiro atoms. The average molecular weight is 246 g/mol. The van der Waals surface area contributed by atoms with E-state index in [0.29, 0.717) is 0 Å². The molecule has 2 rings (SSSR count). The largest absolute Gasteiger partial charge is 0.460 e. The van der Waals surface area contributed by atoms with Gasteiger partial charge < -0.3 is 8.83 Å². The van der Waals surface area contributed by atoms with Crippen LogP contribution in [0.5, 0.6) is 0 Å². The topological polar surface area (TPSA) is 60.4 Å². The third-order valence-corrected chi connectivity index (χ3v) is 2.78. The Balaban J connectivity index is 2.20. The van der Waals surface area contributed by atoms with Crippen LogP contribution in [0.4, 0.5) is 0 Å². The third kappa shape index (κ3) is 2.27. The van der Waals surface area contributed by atoms with Gasteiger partial charge in [-0.05, 0) is 36.1 Å². The van der Waals surface area contributed by atoms with Crippen LogP contribution in [0.3, 0.4) is 0 Å². The fourth-order valence-corrected chi connectivity index (χ4v) is 1.58. The van der Waals surface area contributed by atoms with Crippen molar-refractivity contribution >= 4 is 11.6 Å². The van der Waals surface area contributed by atoms with Gasteiger partial charge >= 0.3 is 0 Å². The molecule has 2 aromatic heterocycles. The summed E-state index contributed by atoms with van der Waals surface area (Å²) in [5.74, 6) is -1.23. The van der Waals surface area contributed by atoms with Crippen molar-refractivity contribution in [3.8, 4) is 0 Å². The van der Waals surface area contributed by atoms with Crippen LogP contribution in [-0.2, 0) is 12.8 Å². The van der Waals surface area contributed by atoms with Crippen LogP contribution in [-0.4, -0.2) is 11.6 Å². The van der Waals surface area contributed by atoms with E-state index in [1.54, 1.807) is 12.1 Å². The number of ketones is 2. The highest BCUT2D eigenvalue weighted by molar-refractivity contribution is 6.47. The predicted octanol–water partition coefficient (Wildman–Crippen LogP) is 3.06. The summed E-state index contributed by atoms with van der Waals surface area (Å²) in [7, 11) is 0. The molecule has 0 unspecified atom stereocenters. The number of aryl methyl sites for hydroxylation is 2. The van der Waals surface area contributed by atoms with E-state index in [-0.39, 0.29) is 11.5 Å². The third-order valence-electron chi connectivity index (χ3n) is 2.78. The number of carbonyl (C=O) groups excluding carboxylic acids is 2. The maximum absolute atomic E-state index is 11.9. The molecule has 0 radical (unpaired) electrons. The van der Waals surface area contributed by atoms with Gasteiger partial charge in [0.25, 0.3) is 11.6 Å². The van der Waals surface area contributed by atoms with Gasteiger partial charge in [0.15, 0.2) is 11.5 Å². The summed E-state index contributed by atoms with van der Waals surface area (Å²) in [5.41, 5.74) is 1.78. The molecule has 0 N–H and O–H groups in total. The predicted molar refractivity (Wildman–Crippen MR) is 64.8 cm³/mol. The SMILES string of the molecule is CCc1coc(C(=O)C(=O)c2cc(CC)co2)c1. The van der Waals surface area contributed by atoms with Crippen molar-refractivity contribution in [3.63, 3.8) is 0 Å². The molecule has 0 aromatic carbocycles. The molecule has 0 saturated carbocycles. The van der Waals surface area contributed by atoms with Gasteiger partial charge in [-0.2, -0.15) is 0 Å². The van der Waals surface area contributed by atoms with Gasteiger partial charge in [-0.15, -0.1) is 0 Å². The van der Waals surface area contributed by atoms with Crippen LogP contribution >= 0.6 is 0 Å². The van der Waals surface area contributed by atoms with Crippen molar-refractivity contribution in [1.82, 2.24) is 0 Å². The number of Topliss-reactive ketones (excluding diaryl/α,β-unsaturated/α-hetero) is 2. The molecule has 4 heteroatoms. The first-order valence-corrected chi connectivity index (χ1v) is 5.89. The Morgan fingerprint density at radius 3 is 1.56 bits per heavy atom. The molecule has 4 nitrogen and oxygen atoms in total. The Kier molecular flexibility index (Phi) is 3.46. The summed E-state index contributed by atoms with van der Waals surface area (Å²) in [6.07, 6.45) is 4.48. The minimum atomic E-state index is -0.674. The number of carbonyl (C=O) groups is 2. The first kappa shape index (κ1) is 12.4. The van der Waals surface area contributed by atoms with Gasteiger partial charge in [0.1, 0.15) is 0 Å². The minimum Gasteiger partial charge on any atom is -0.460 e. The van der Waals surface area contributed by atoms with Crippen LogP contribution in [0.25, 0.3) is 0 Å². The lowest BCUT2D eigenvalue weighted by atomic mass is 10.1. The van der Waals surface area contributed by atoms with Crippen molar-refractivity contribution in [3.05, 3.63) is 47.3 Å². The molecule has 0 aliphatic rings. The minimum absolute atomic E-state index is 0.0614. The van der Waals surface area contributed by atoms with Crippen molar-refractivity contribution < 1.29 is 18.4 Å². The van der Waals surface area contributed by atoms with Gasteiger partial charge in [-0.25, -0.2) is 0 Å². The molecule has 0 fully saturated rings. The molecule has 0 aliphatic carbocycles. The van der Waals surface area contributed by atoms with Crippen molar-refractivity contribution in [1.29, 1.82) is 0 Å². The molecule has 0 amide bonds. The lowest BCUT2D eigenvalue weighted by Gasteiger charge is -1.92. The number of rotatable bonds is 5. The molecule has 94 valence electrons. The van der Waals surface area contributed by atoms with Crippen LogP contribution < -0.4 is 0 Å². The van der Waals surface area contributed by atoms with Gasteiger partial charge in [0.05, 0.1) is 12.5 Å². The van der Waals surface area contributed by atoms with Gasteiger partial charge in [-0.3, -0.25) is 9.59 Å². The van der Waals surface area contributed by atoms with Gasteiger partial charge in [-0.1, -0.05) is 13.8 Å². The lowest BCUT2D eigenvalue weighted by Crippen LogP contribution is -2.12. The lowest BCUT2D eigenvalue weighted by molar-refractivity contribution is 0.0785. The quantitative estimate of drug-likeness (QED) is 0.601. The molecule has 2 aromatic rings. The molecule has 0 aliphatic heterocycles.